The summed E-state index contributed by atoms with van der Waals surface area (Å²) in [6, 6.07) is 8.19. The van der Waals surface area contributed by atoms with Crippen molar-refractivity contribution in [1.29, 1.82) is 0 Å². The van der Waals surface area contributed by atoms with Gasteiger partial charge in [-0.2, -0.15) is 0 Å². The Labute approximate surface area is 130 Å². The number of amides is 1. The van der Waals surface area contributed by atoms with E-state index in [0.717, 1.165) is 35.3 Å². The van der Waals surface area contributed by atoms with E-state index >= 15 is 0 Å². The summed E-state index contributed by atoms with van der Waals surface area (Å²) in [6.07, 6.45) is 2.12. The van der Waals surface area contributed by atoms with Crippen molar-refractivity contribution >= 4 is 17.5 Å². The first kappa shape index (κ1) is 14.5. The molecule has 0 bridgehead atoms. The maximum Gasteiger partial charge on any atom is 0.270 e. The molecule has 114 valence electrons. The number of carbonyl (C=O) groups excluding carboxylic acids is 1. The van der Waals surface area contributed by atoms with Crippen LogP contribution in [0.25, 0.3) is 0 Å². The molecule has 5 nitrogen and oxygen atoms in total. The molecule has 2 N–H and O–H groups in total. The molecule has 2 aromatic rings. The highest BCUT2D eigenvalue weighted by molar-refractivity contribution is 5.93. The van der Waals surface area contributed by atoms with E-state index in [1.54, 1.807) is 6.07 Å². The Balaban J connectivity index is 1.85. The molecular weight excluding hydrogens is 276 g/mol. The van der Waals surface area contributed by atoms with Crippen LogP contribution in [0.15, 0.2) is 24.3 Å². The minimum atomic E-state index is -0.128. The summed E-state index contributed by atoms with van der Waals surface area (Å²) in [5.74, 6) is 0.326. The molecule has 5 heteroatoms. The molecule has 22 heavy (non-hydrogen) atoms. The standard InChI is InChI=1S/C17H20N4O/c1-10-4-5-11(2)14(8-10)20-17-18-12(3)9-15(21-17)16(22)19-13-6-7-13/h4-5,8-9,13H,6-7H2,1-3H3,(H,19,22)(H,18,20,21). The quantitative estimate of drug-likeness (QED) is 0.910. The van der Waals surface area contributed by atoms with Gasteiger partial charge in [-0.3, -0.25) is 4.79 Å². The summed E-state index contributed by atoms with van der Waals surface area (Å²) in [5.41, 5.74) is 4.40. The fraction of sp³-hybridized carbons (Fsp3) is 0.353. The van der Waals surface area contributed by atoms with Crippen LogP contribution in [0, 0.1) is 20.8 Å². The maximum atomic E-state index is 12.1. The van der Waals surface area contributed by atoms with Gasteiger partial charge in [0.15, 0.2) is 0 Å². The SMILES string of the molecule is Cc1ccc(C)c(Nc2nc(C)cc(C(=O)NC3CC3)n2)c1. The van der Waals surface area contributed by atoms with Gasteiger partial charge in [-0.1, -0.05) is 12.1 Å². The second-order valence-electron chi connectivity index (χ2n) is 5.91. The van der Waals surface area contributed by atoms with Crippen molar-refractivity contribution in [3.63, 3.8) is 0 Å². The zero-order valence-electron chi connectivity index (χ0n) is 13.1. The zero-order valence-corrected chi connectivity index (χ0v) is 13.1. The Morgan fingerprint density at radius 1 is 1.14 bits per heavy atom. The molecule has 0 radical (unpaired) electrons. The van der Waals surface area contributed by atoms with Crippen molar-refractivity contribution in [3.05, 3.63) is 46.8 Å². The van der Waals surface area contributed by atoms with Gasteiger partial charge in [0.2, 0.25) is 5.95 Å². The molecule has 0 unspecified atom stereocenters. The molecule has 1 saturated carbocycles. The van der Waals surface area contributed by atoms with Crippen LogP contribution < -0.4 is 10.6 Å². The van der Waals surface area contributed by atoms with Gasteiger partial charge in [0.05, 0.1) is 0 Å². The molecule has 1 aliphatic carbocycles. The van der Waals surface area contributed by atoms with Crippen molar-refractivity contribution < 1.29 is 4.79 Å². The normalized spacial score (nSPS) is 13.8. The van der Waals surface area contributed by atoms with E-state index in [4.69, 9.17) is 0 Å². The lowest BCUT2D eigenvalue weighted by atomic mass is 10.1. The molecule has 0 atom stereocenters. The first-order valence-electron chi connectivity index (χ1n) is 7.52. The monoisotopic (exact) mass is 296 g/mol. The van der Waals surface area contributed by atoms with E-state index < -0.39 is 0 Å². The third-order valence-corrected chi connectivity index (χ3v) is 3.64. The maximum absolute atomic E-state index is 12.1. The molecule has 1 aromatic heterocycles. The largest absolute Gasteiger partial charge is 0.348 e. The van der Waals surface area contributed by atoms with Crippen LogP contribution in [0.1, 0.15) is 40.2 Å². The van der Waals surface area contributed by atoms with Gasteiger partial charge >= 0.3 is 0 Å². The predicted octanol–water partition coefficient (Wildman–Crippen LogP) is 3.04. The fourth-order valence-electron chi connectivity index (χ4n) is 2.22. The molecule has 1 fully saturated rings. The summed E-state index contributed by atoms with van der Waals surface area (Å²) in [5, 5.41) is 6.17. The average Bonchev–Trinajstić information content (AvgIpc) is 3.26. The zero-order chi connectivity index (χ0) is 15.7. The highest BCUT2D eigenvalue weighted by Crippen LogP contribution is 2.21. The molecule has 3 rings (SSSR count). The van der Waals surface area contributed by atoms with Gasteiger partial charge < -0.3 is 10.6 Å². The third kappa shape index (κ3) is 3.42. The predicted molar refractivity (Wildman–Crippen MR) is 86.5 cm³/mol. The molecule has 0 aliphatic heterocycles. The lowest BCUT2D eigenvalue weighted by Gasteiger charge is -2.11. The number of aryl methyl sites for hydroxylation is 3. The molecule has 1 heterocycles. The number of nitrogens with zero attached hydrogens (tertiary/aromatic N) is 2. The van der Waals surface area contributed by atoms with Crippen LogP contribution in [0.5, 0.6) is 0 Å². The topological polar surface area (TPSA) is 66.9 Å². The Kier molecular flexibility index (Phi) is 3.79. The third-order valence-electron chi connectivity index (χ3n) is 3.64. The van der Waals surface area contributed by atoms with Gasteiger partial charge in [0.1, 0.15) is 5.69 Å². The van der Waals surface area contributed by atoms with Gasteiger partial charge in [-0.15, -0.1) is 0 Å². The van der Waals surface area contributed by atoms with Crippen LogP contribution in [-0.4, -0.2) is 21.9 Å². The number of nitrogens with one attached hydrogen (secondary N) is 2. The smallest absolute Gasteiger partial charge is 0.270 e. The number of hydrogen-bond acceptors (Lipinski definition) is 4. The van der Waals surface area contributed by atoms with Crippen molar-refractivity contribution in [2.24, 2.45) is 0 Å². The molecule has 1 aliphatic rings. The highest BCUT2D eigenvalue weighted by atomic mass is 16.2. The van der Waals surface area contributed by atoms with E-state index in [1.807, 2.05) is 32.9 Å². The van der Waals surface area contributed by atoms with Gasteiger partial charge in [-0.05, 0) is 56.9 Å². The minimum Gasteiger partial charge on any atom is -0.348 e. The molecule has 0 spiro atoms. The van der Waals surface area contributed by atoms with E-state index in [1.165, 1.54) is 0 Å². The number of carbonyl (C=O) groups is 1. The number of benzene rings is 1. The Morgan fingerprint density at radius 3 is 2.64 bits per heavy atom. The summed E-state index contributed by atoms with van der Waals surface area (Å²) in [7, 11) is 0. The molecular formula is C17H20N4O. The van der Waals surface area contributed by atoms with Crippen LogP contribution in [0.4, 0.5) is 11.6 Å². The van der Waals surface area contributed by atoms with E-state index in [0.29, 0.717) is 17.7 Å². The molecule has 1 amide bonds. The van der Waals surface area contributed by atoms with E-state index in [2.05, 4.69) is 26.7 Å². The van der Waals surface area contributed by atoms with Crippen molar-refractivity contribution in [3.8, 4) is 0 Å². The van der Waals surface area contributed by atoms with Crippen LogP contribution in [0.3, 0.4) is 0 Å². The van der Waals surface area contributed by atoms with Crippen LogP contribution in [0.2, 0.25) is 0 Å². The van der Waals surface area contributed by atoms with Crippen LogP contribution in [-0.2, 0) is 0 Å². The number of aromatic nitrogens is 2. The van der Waals surface area contributed by atoms with Gasteiger partial charge in [-0.25, -0.2) is 9.97 Å². The first-order chi connectivity index (χ1) is 10.5. The number of hydrogen-bond donors (Lipinski definition) is 2. The molecule has 1 aromatic carbocycles. The fourth-order valence-corrected chi connectivity index (χ4v) is 2.22. The number of anilines is 2. The Morgan fingerprint density at radius 2 is 1.91 bits per heavy atom. The number of rotatable bonds is 4. The van der Waals surface area contributed by atoms with Gasteiger partial charge in [0, 0.05) is 17.4 Å². The lowest BCUT2D eigenvalue weighted by Crippen LogP contribution is -2.26. The minimum absolute atomic E-state index is 0.128. The van der Waals surface area contributed by atoms with Crippen molar-refractivity contribution in [2.45, 2.75) is 39.7 Å². The van der Waals surface area contributed by atoms with Crippen molar-refractivity contribution in [1.82, 2.24) is 15.3 Å². The van der Waals surface area contributed by atoms with E-state index in [9.17, 15) is 4.79 Å². The summed E-state index contributed by atoms with van der Waals surface area (Å²) >= 11 is 0. The lowest BCUT2D eigenvalue weighted by molar-refractivity contribution is 0.0946. The Bertz CT molecular complexity index is 723. The first-order valence-corrected chi connectivity index (χ1v) is 7.52. The average molecular weight is 296 g/mol. The van der Waals surface area contributed by atoms with Gasteiger partial charge in [0.25, 0.3) is 5.91 Å². The summed E-state index contributed by atoms with van der Waals surface area (Å²) in [6.45, 7) is 5.93. The molecule has 0 saturated heterocycles. The Hall–Kier alpha value is -2.43. The highest BCUT2D eigenvalue weighted by Gasteiger charge is 2.24. The van der Waals surface area contributed by atoms with Crippen molar-refractivity contribution in [2.75, 3.05) is 5.32 Å². The summed E-state index contributed by atoms with van der Waals surface area (Å²) in [4.78, 5) is 20.9. The summed E-state index contributed by atoms with van der Waals surface area (Å²) < 4.78 is 0. The second-order valence-corrected chi connectivity index (χ2v) is 5.91. The van der Waals surface area contributed by atoms with E-state index in [-0.39, 0.29) is 5.91 Å². The van der Waals surface area contributed by atoms with Crippen LogP contribution >= 0.6 is 0 Å². The second kappa shape index (κ2) is 5.75.